The van der Waals surface area contributed by atoms with E-state index in [-0.39, 0.29) is 11.8 Å². The fraction of sp³-hybridized carbons (Fsp3) is 0.533. The van der Waals surface area contributed by atoms with E-state index >= 15 is 0 Å². The van der Waals surface area contributed by atoms with Crippen LogP contribution >= 0.6 is 0 Å². The number of anilines is 1. The van der Waals surface area contributed by atoms with Gasteiger partial charge in [-0.25, -0.2) is 0 Å². The molecule has 1 atom stereocenters. The molecule has 2 N–H and O–H groups in total. The second-order valence-electron chi connectivity index (χ2n) is 4.72. The summed E-state index contributed by atoms with van der Waals surface area (Å²) in [6.45, 7) is 7.82. The molecule has 3 nitrogen and oxygen atoms in total. The maximum Gasteiger partial charge on any atom is 0.229 e. The zero-order valence-electron chi connectivity index (χ0n) is 11.6. The highest BCUT2D eigenvalue weighted by molar-refractivity contribution is 5.83. The molecule has 1 rings (SSSR count). The van der Waals surface area contributed by atoms with Gasteiger partial charge in [-0.1, -0.05) is 26.0 Å². The highest BCUT2D eigenvalue weighted by Gasteiger charge is 2.20. The number of nitrogen functional groups attached to an aromatic ring is 1. The first-order valence-corrected chi connectivity index (χ1v) is 6.74. The van der Waals surface area contributed by atoms with Gasteiger partial charge in [0.15, 0.2) is 0 Å². The number of rotatable bonds is 6. The third-order valence-corrected chi connectivity index (χ3v) is 3.08. The van der Waals surface area contributed by atoms with Gasteiger partial charge in [0.05, 0.1) is 5.92 Å². The first kappa shape index (κ1) is 14.6. The van der Waals surface area contributed by atoms with Crippen LogP contribution in [0.2, 0.25) is 0 Å². The van der Waals surface area contributed by atoms with Gasteiger partial charge in [-0.2, -0.15) is 0 Å². The van der Waals surface area contributed by atoms with Crippen LogP contribution in [0, 0.1) is 0 Å². The third-order valence-electron chi connectivity index (χ3n) is 3.08. The normalized spacial score (nSPS) is 12.2. The zero-order valence-corrected chi connectivity index (χ0v) is 11.6. The van der Waals surface area contributed by atoms with Crippen molar-refractivity contribution in [1.29, 1.82) is 0 Å². The average Bonchev–Trinajstić information content (AvgIpc) is 2.37. The van der Waals surface area contributed by atoms with Crippen LogP contribution in [0.4, 0.5) is 5.69 Å². The maximum absolute atomic E-state index is 12.4. The predicted molar refractivity (Wildman–Crippen MR) is 76.4 cm³/mol. The molecule has 0 fully saturated rings. The van der Waals surface area contributed by atoms with Crippen molar-refractivity contribution in [1.82, 2.24) is 4.90 Å². The Hall–Kier alpha value is -1.51. The Kier molecular flexibility index (Phi) is 5.69. The van der Waals surface area contributed by atoms with Crippen LogP contribution < -0.4 is 5.73 Å². The highest BCUT2D eigenvalue weighted by Crippen LogP contribution is 2.20. The molecule has 100 valence electrons. The molecule has 0 spiro atoms. The fourth-order valence-electron chi connectivity index (χ4n) is 2.12. The van der Waals surface area contributed by atoms with Gasteiger partial charge in [0.25, 0.3) is 0 Å². The molecule has 0 heterocycles. The summed E-state index contributed by atoms with van der Waals surface area (Å²) >= 11 is 0. The summed E-state index contributed by atoms with van der Waals surface area (Å²) in [5.74, 6) is 0.0795. The van der Waals surface area contributed by atoms with Crippen molar-refractivity contribution in [3.63, 3.8) is 0 Å². The van der Waals surface area contributed by atoms with Gasteiger partial charge in [-0.3, -0.25) is 4.79 Å². The summed E-state index contributed by atoms with van der Waals surface area (Å²) in [5.41, 5.74) is 7.48. The molecule has 0 radical (unpaired) electrons. The van der Waals surface area contributed by atoms with Crippen molar-refractivity contribution in [2.24, 2.45) is 0 Å². The molecule has 0 aliphatic carbocycles. The number of carbonyl (C=O) groups is 1. The van der Waals surface area contributed by atoms with Crippen molar-refractivity contribution in [2.75, 3.05) is 18.8 Å². The van der Waals surface area contributed by atoms with Crippen LogP contribution in [0.1, 0.15) is 45.1 Å². The van der Waals surface area contributed by atoms with Gasteiger partial charge in [0.2, 0.25) is 5.91 Å². The van der Waals surface area contributed by atoms with Gasteiger partial charge in [0.1, 0.15) is 0 Å². The minimum Gasteiger partial charge on any atom is -0.399 e. The van der Waals surface area contributed by atoms with Crippen LogP contribution in [-0.2, 0) is 4.79 Å². The lowest BCUT2D eigenvalue weighted by molar-refractivity contribution is -0.132. The molecule has 1 aromatic carbocycles. The van der Waals surface area contributed by atoms with Crippen molar-refractivity contribution in [3.8, 4) is 0 Å². The number of hydrogen-bond donors (Lipinski definition) is 1. The number of nitrogens with zero attached hydrogens (tertiary/aromatic N) is 1. The van der Waals surface area contributed by atoms with Gasteiger partial charge in [-0.05, 0) is 37.5 Å². The van der Waals surface area contributed by atoms with E-state index in [9.17, 15) is 4.79 Å². The van der Waals surface area contributed by atoms with Gasteiger partial charge >= 0.3 is 0 Å². The van der Waals surface area contributed by atoms with Crippen molar-refractivity contribution >= 4 is 11.6 Å². The van der Waals surface area contributed by atoms with Crippen LogP contribution in [0.15, 0.2) is 24.3 Å². The number of hydrogen-bond acceptors (Lipinski definition) is 2. The minimum absolute atomic E-state index is 0.119. The quantitative estimate of drug-likeness (QED) is 0.787. The van der Waals surface area contributed by atoms with Crippen molar-refractivity contribution in [2.45, 2.75) is 39.5 Å². The Balaban J connectivity index is 2.81. The van der Waals surface area contributed by atoms with E-state index in [1.807, 2.05) is 36.1 Å². The molecule has 3 heteroatoms. The molecule has 18 heavy (non-hydrogen) atoms. The molecule has 0 aliphatic rings. The molecule has 0 saturated heterocycles. The van der Waals surface area contributed by atoms with E-state index in [2.05, 4.69) is 13.8 Å². The minimum atomic E-state index is -0.119. The largest absolute Gasteiger partial charge is 0.399 e. The lowest BCUT2D eigenvalue weighted by Gasteiger charge is -2.25. The van der Waals surface area contributed by atoms with E-state index < -0.39 is 0 Å². The molecule has 0 aliphatic heterocycles. The molecule has 1 amide bonds. The van der Waals surface area contributed by atoms with Gasteiger partial charge < -0.3 is 10.6 Å². The van der Waals surface area contributed by atoms with E-state index in [1.165, 1.54) is 0 Å². The Labute approximate surface area is 110 Å². The number of carbonyl (C=O) groups excluding carboxylic acids is 1. The Morgan fingerprint density at radius 1 is 1.28 bits per heavy atom. The Morgan fingerprint density at radius 3 is 2.39 bits per heavy atom. The summed E-state index contributed by atoms with van der Waals surface area (Å²) in [6, 6.07) is 7.60. The van der Waals surface area contributed by atoms with E-state index in [4.69, 9.17) is 5.73 Å². The monoisotopic (exact) mass is 248 g/mol. The maximum atomic E-state index is 12.4. The molecule has 0 bridgehead atoms. The fourth-order valence-corrected chi connectivity index (χ4v) is 2.12. The summed E-state index contributed by atoms with van der Waals surface area (Å²) in [6.07, 6.45) is 1.99. The van der Waals surface area contributed by atoms with Gasteiger partial charge in [0, 0.05) is 18.8 Å². The standard InChI is InChI=1S/C15H24N2O/c1-4-9-17(10-5-2)15(18)12(3)13-7-6-8-14(16)11-13/h6-8,11-12H,4-5,9-10,16H2,1-3H3. The summed E-state index contributed by atoms with van der Waals surface area (Å²) in [5, 5.41) is 0. The third kappa shape index (κ3) is 3.76. The first-order chi connectivity index (χ1) is 8.60. The molecule has 1 aromatic rings. The zero-order chi connectivity index (χ0) is 13.5. The summed E-state index contributed by atoms with van der Waals surface area (Å²) in [7, 11) is 0. The number of amides is 1. The van der Waals surface area contributed by atoms with Crippen LogP contribution in [-0.4, -0.2) is 23.9 Å². The lowest BCUT2D eigenvalue weighted by atomic mass is 9.99. The number of benzene rings is 1. The second kappa shape index (κ2) is 7.04. The SMILES string of the molecule is CCCN(CCC)C(=O)C(C)c1cccc(N)c1. The Morgan fingerprint density at radius 2 is 1.89 bits per heavy atom. The molecular formula is C15H24N2O. The van der Waals surface area contributed by atoms with E-state index in [1.54, 1.807) is 0 Å². The molecule has 0 aromatic heterocycles. The first-order valence-electron chi connectivity index (χ1n) is 6.74. The van der Waals surface area contributed by atoms with Crippen LogP contribution in [0.5, 0.6) is 0 Å². The van der Waals surface area contributed by atoms with Gasteiger partial charge in [-0.15, -0.1) is 0 Å². The summed E-state index contributed by atoms with van der Waals surface area (Å²) < 4.78 is 0. The second-order valence-corrected chi connectivity index (χ2v) is 4.72. The van der Waals surface area contributed by atoms with Crippen molar-refractivity contribution in [3.05, 3.63) is 29.8 Å². The summed E-state index contributed by atoms with van der Waals surface area (Å²) in [4.78, 5) is 14.4. The molecule has 1 unspecified atom stereocenters. The topological polar surface area (TPSA) is 46.3 Å². The molecular weight excluding hydrogens is 224 g/mol. The van der Waals surface area contributed by atoms with E-state index in [0.29, 0.717) is 5.69 Å². The van der Waals surface area contributed by atoms with Crippen LogP contribution in [0.25, 0.3) is 0 Å². The average molecular weight is 248 g/mol. The van der Waals surface area contributed by atoms with Crippen molar-refractivity contribution < 1.29 is 4.79 Å². The molecule has 0 saturated carbocycles. The Bertz CT molecular complexity index is 384. The van der Waals surface area contributed by atoms with Crippen LogP contribution in [0.3, 0.4) is 0 Å². The highest BCUT2D eigenvalue weighted by atomic mass is 16.2. The lowest BCUT2D eigenvalue weighted by Crippen LogP contribution is -2.35. The smallest absolute Gasteiger partial charge is 0.229 e. The van der Waals surface area contributed by atoms with E-state index in [0.717, 1.165) is 31.5 Å². The predicted octanol–water partition coefficient (Wildman–Crippen LogP) is 3.02. The number of nitrogens with two attached hydrogens (primary N) is 1.